The van der Waals surface area contributed by atoms with E-state index in [-0.39, 0.29) is 19.2 Å². The molecule has 0 aromatic rings. The van der Waals surface area contributed by atoms with Crippen LogP contribution in [0, 0.1) is 5.92 Å². The fourth-order valence-electron chi connectivity index (χ4n) is 2.36. The lowest BCUT2D eigenvalue weighted by Gasteiger charge is -2.31. The SMILES string of the molecule is CCCC1CCN(CCC(=O)OCOC=O)CC1. The third kappa shape index (κ3) is 6.00. The number of carbonyl (C=O) groups excluding carboxylic acids is 2. The minimum atomic E-state index is -0.312. The summed E-state index contributed by atoms with van der Waals surface area (Å²) in [5.41, 5.74) is 0. The average Bonchev–Trinajstić information content (AvgIpc) is 2.39. The Morgan fingerprint density at radius 3 is 2.72 bits per heavy atom. The Balaban J connectivity index is 2.06. The molecule has 0 saturated carbocycles. The molecule has 1 aliphatic heterocycles. The average molecular weight is 257 g/mol. The van der Waals surface area contributed by atoms with E-state index in [0.717, 1.165) is 25.6 Å². The summed E-state index contributed by atoms with van der Waals surface area (Å²) in [5, 5.41) is 0. The highest BCUT2D eigenvalue weighted by Gasteiger charge is 2.18. The summed E-state index contributed by atoms with van der Waals surface area (Å²) in [6.07, 6.45) is 5.40. The number of likely N-dealkylation sites (tertiary alicyclic amines) is 1. The fraction of sp³-hybridized carbons (Fsp3) is 0.846. The molecule has 0 spiro atoms. The number of rotatable bonds is 8. The van der Waals surface area contributed by atoms with Gasteiger partial charge in [-0.25, -0.2) is 0 Å². The number of ether oxygens (including phenoxy) is 2. The van der Waals surface area contributed by atoms with Gasteiger partial charge in [-0.2, -0.15) is 0 Å². The molecule has 104 valence electrons. The quantitative estimate of drug-likeness (QED) is 0.286. The first-order valence-corrected chi connectivity index (χ1v) is 6.69. The maximum absolute atomic E-state index is 11.3. The number of carbonyl (C=O) groups is 2. The first-order chi connectivity index (χ1) is 8.76. The second kappa shape index (κ2) is 8.91. The highest BCUT2D eigenvalue weighted by atomic mass is 16.7. The van der Waals surface area contributed by atoms with Gasteiger partial charge in [-0.15, -0.1) is 0 Å². The maximum atomic E-state index is 11.3. The van der Waals surface area contributed by atoms with Gasteiger partial charge in [0.15, 0.2) is 0 Å². The van der Waals surface area contributed by atoms with Gasteiger partial charge in [0.1, 0.15) is 0 Å². The molecule has 0 aromatic carbocycles. The molecule has 18 heavy (non-hydrogen) atoms. The van der Waals surface area contributed by atoms with Gasteiger partial charge >= 0.3 is 5.97 Å². The second-order valence-electron chi connectivity index (χ2n) is 4.72. The van der Waals surface area contributed by atoms with Crippen LogP contribution in [0.3, 0.4) is 0 Å². The van der Waals surface area contributed by atoms with Crippen LogP contribution >= 0.6 is 0 Å². The Bertz CT molecular complexity index is 249. The molecule has 0 unspecified atom stereocenters. The smallest absolute Gasteiger partial charge is 0.309 e. The van der Waals surface area contributed by atoms with Gasteiger partial charge < -0.3 is 14.4 Å². The molecular formula is C13H23NO4. The van der Waals surface area contributed by atoms with Crippen LogP contribution < -0.4 is 0 Å². The summed E-state index contributed by atoms with van der Waals surface area (Å²) >= 11 is 0. The summed E-state index contributed by atoms with van der Waals surface area (Å²) in [6, 6.07) is 0. The predicted octanol–water partition coefficient (Wildman–Crippen LogP) is 1.56. The molecular weight excluding hydrogens is 234 g/mol. The molecule has 0 atom stereocenters. The second-order valence-corrected chi connectivity index (χ2v) is 4.72. The van der Waals surface area contributed by atoms with Crippen LogP contribution in [-0.2, 0) is 19.1 Å². The van der Waals surface area contributed by atoms with Gasteiger partial charge in [-0.1, -0.05) is 19.8 Å². The Morgan fingerprint density at radius 2 is 2.11 bits per heavy atom. The first kappa shape index (κ1) is 15.0. The van der Waals surface area contributed by atoms with Gasteiger partial charge in [-0.3, -0.25) is 9.59 Å². The molecule has 1 fully saturated rings. The van der Waals surface area contributed by atoms with E-state index in [1.807, 2.05) is 0 Å². The standard InChI is InChI=1S/C13H23NO4/c1-2-3-12-4-7-14(8-5-12)9-6-13(16)18-11-17-10-15/h10,12H,2-9,11H2,1H3. The topological polar surface area (TPSA) is 55.8 Å². The lowest BCUT2D eigenvalue weighted by Crippen LogP contribution is -2.35. The van der Waals surface area contributed by atoms with E-state index >= 15 is 0 Å². The summed E-state index contributed by atoms with van der Waals surface area (Å²) in [5.74, 6) is 0.548. The largest absolute Gasteiger partial charge is 0.430 e. The molecule has 5 nitrogen and oxygen atoms in total. The minimum Gasteiger partial charge on any atom is -0.430 e. The van der Waals surface area contributed by atoms with Crippen molar-refractivity contribution in [2.24, 2.45) is 5.92 Å². The van der Waals surface area contributed by atoms with Crippen molar-refractivity contribution < 1.29 is 19.1 Å². The summed E-state index contributed by atoms with van der Waals surface area (Å²) in [4.78, 5) is 23.4. The van der Waals surface area contributed by atoms with Crippen LogP contribution in [0.25, 0.3) is 0 Å². The number of piperidine rings is 1. The summed E-state index contributed by atoms with van der Waals surface area (Å²) < 4.78 is 9.01. The number of hydrogen-bond acceptors (Lipinski definition) is 5. The van der Waals surface area contributed by atoms with Gasteiger partial charge in [0.05, 0.1) is 6.42 Å². The summed E-state index contributed by atoms with van der Waals surface area (Å²) in [7, 11) is 0. The highest BCUT2D eigenvalue weighted by molar-refractivity contribution is 5.69. The van der Waals surface area contributed by atoms with Gasteiger partial charge in [-0.05, 0) is 31.8 Å². The Labute approximate surface area is 108 Å². The Morgan fingerprint density at radius 1 is 1.39 bits per heavy atom. The first-order valence-electron chi connectivity index (χ1n) is 6.69. The zero-order valence-corrected chi connectivity index (χ0v) is 11.1. The molecule has 0 aliphatic carbocycles. The van der Waals surface area contributed by atoms with E-state index in [1.54, 1.807) is 0 Å². The number of nitrogens with zero attached hydrogens (tertiary/aromatic N) is 1. The molecule has 0 radical (unpaired) electrons. The van der Waals surface area contributed by atoms with Gasteiger partial charge in [0, 0.05) is 6.54 Å². The van der Waals surface area contributed by atoms with Crippen molar-refractivity contribution in [2.75, 3.05) is 26.4 Å². The molecule has 0 N–H and O–H groups in total. The molecule has 1 rings (SSSR count). The van der Waals surface area contributed by atoms with E-state index in [0.29, 0.717) is 6.42 Å². The summed E-state index contributed by atoms with van der Waals surface area (Å²) in [6.45, 7) is 5.10. The van der Waals surface area contributed by atoms with Crippen LogP contribution in [0.1, 0.15) is 39.0 Å². The Hall–Kier alpha value is -1.10. The van der Waals surface area contributed by atoms with Crippen molar-refractivity contribution in [3.63, 3.8) is 0 Å². The molecule has 0 aromatic heterocycles. The van der Waals surface area contributed by atoms with Gasteiger partial charge in [0.2, 0.25) is 6.79 Å². The lowest BCUT2D eigenvalue weighted by atomic mass is 9.92. The van der Waals surface area contributed by atoms with Crippen LogP contribution in [-0.4, -0.2) is 43.8 Å². The number of esters is 1. The Kier molecular flexibility index (Phi) is 7.41. The van der Waals surface area contributed by atoms with Crippen molar-refractivity contribution in [3.8, 4) is 0 Å². The maximum Gasteiger partial charge on any atom is 0.309 e. The minimum absolute atomic E-state index is 0.270. The van der Waals surface area contributed by atoms with Crippen molar-refractivity contribution in [1.29, 1.82) is 0 Å². The number of hydrogen-bond donors (Lipinski definition) is 0. The third-order valence-corrected chi connectivity index (χ3v) is 3.39. The van der Waals surface area contributed by atoms with E-state index in [4.69, 9.17) is 4.74 Å². The normalized spacial score (nSPS) is 17.4. The third-order valence-electron chi connectivity index (χ3n) is 3.39. The fourth-order valence-corrected chi connectivity index (χ4v) is 2.36. The monoisotopic (exact) mass is 257 g/mol. The van der Waals surface area contributed by atoms with E-state index in [2.05, 4.69) is 16.6 Å². The van der Waals surface area contributed by atoms with E-state index in [1.165, 1.54) is 25.7 Å². The van der Waals surface area contributed by atoms with Crippen LogP contribution in [0.2, 0.25) is 0 Å². The molecule has 0 amide bonds. The van der Waals surface area contributed by atoms with E-state index in [9.17, 15) is 9.59 Å². The van der Waals surface area contributed by atoms with Gasteiger partial charge in [0.25, 0.3) is 6.47 Å². The van der Waals surface area contributed by atoms with Crippen LogP contribution in [0.4, 0.5) is 0 Å². The van der Waals surface area contributed by atoms with E-state index < -0.39 is 0 Å². The predicted molar refractivity (Wildman–Crippen MR) is 66.8 cm³/mol. The van der Waals surface area contributed by atoms with Crippen molar-refractivity contribution in [1.82, 2.24) is 4.90 Å². The molecule has 0 bridgehead atoms. The molecule has 5 heteroatoms. The zero-order chi connectivity index (χ0) is 13.2. The van der Waals surface area contributed by atoms with Crippen LogP contribution in [0.15, 0.2) is 0 Å². The molecule has 1 heterocycles. The van der Waals surface area contributed by atoms with Crippen molar-refractivity contribution >= 4 is 12.4 Å². The van der Waals surface area contributed by atoms with Crippen molar-refractivity contribution in [3.05, 3.63) is 0 Å². The zero-order valence-electron chi connectivity index (χ0n) is 11.1. The van der Waals surface area contributed by atoms with Crippen LogP contribution in [0.5, 0.6) is 0 Å². The highest BCUT2D eigenvalue weighted by Crippen LogP contribution is 2.21. The molecule has 1 saturated heterocycles. The molecule has 1 aliphatic rings. The lowest BCUT2D eigenvalue weighted by molar-refractivity contribution is -0.160. The van der Waals surface area contributed by atoms with Crippen molar-refractivity contribution in [2.45, 2.75) is 39.0 Å².